The fourth-order valence-electron chi connectivity index (χ4n) is 2.98. The van der Waals surface area contributed by atoms with Crippen LogP contribution in [0.25, 0.3) is 0 Å². The van der Waals surface area contributed by atoms with Gasteiger partial charge in [0.2, 0.25) is 17.7 Å². The molecule has 11 N–H and O–H groups in total. The SMILES string of the molecule is CSCCC(N)C(=O)NC(CCCN=C(N)N)C(=O)NC(Cc1cnc[nH]1)C(=O)NC(CS)C(=O)O. The fourth-order valence-corrected chi connectivity index (χ4v) is 3.72. The van der Waals surface area contributed by atoms with Crippen molar-refractivity contribution in [2.75, 3.05) is 24.3 Å². The number of hydrogen-bond donors (Lipinski definition) is 9. The third-order valence-corrected chi connectivity index (χ3v) is 5.97. The number of thioether (sulfide) groups is 1. The first-order valence-electron chi connectivity index (χ1n) is 11.1. The molecule has 0 aromatic carbocycles. The number of carbonyl (C=O) groups excluding carboxylic acids is 3. The summed E-state index contributed by atoms with van der Waals surface area (Å²) in [5, 5.41) is 16.8. The highest BCUT2D eigenvalue weighted by Crippen LogP contribution is 2.06. The summed E-state index contributed by atoms with van der Waals surface area (Å²) < 4.78 is 0. The minimum atomic E-state index is -1.27. The van der Waals surface area contributed by atoms with E-state index in [-0.39, 0.29) is 31.1 Å². The Hall–Kier alpha value is -2.98. The van der Waals surface area contributed by atoms with Gasteiger partial charge in [0.25, 0.3) is 0 Å². The average molecular weight is 546 g/mol. The second-order valence-corrected chi connectivity index (χ2v) is 9.17. The molecule has 14 nitrogen and oxygen atoms in total. The van der Waals surface area contributed by atoms with E-state index >= 15 is 0 Å². The number of carbonyl (C=O) groups is 4. The molecular weight excluding hydrogens is 510 g/mol. The highest BCUT2D eigenvalue weighted by Gasteiger charge is 2.30. The highest BCUT2D eigenvalue weighted by molar-refractivity contribution is 7.98. The number of nitrogens with zero attached hydrogens (tertiary/aromatic N) is 2. The summed E-state index contributed by atoms with van der Waals surface area (Å²) in [7, 11) is 0. The Kier molecular flexibility index (Phi) is 14.4. The van der Waals surface area contributed by atoms with E-state index < -0.39 is 47.9 Å². The number of H-pyrrole nitrogens is 1. The van der Waals surface area contributed by atoms with Gasteiger partial charge in [0.1, 0.15) is 18.1 Å². The average Bonchev–Trinajstić information content (AvgIpc) is 3.34. The van der Waals surface area contributed by atoms with E-state index in [2.05, 4.69) is 43.5 Å². The number of nitrogens with two attached hydrogens (primary N) is 3. The molecule has 202 valence electrons. The summed E-state index contributed by atoms with van der Waals surface area (Å²) in [6.07, 6.45) is 5.70. The molecule has 0 radical (unpaired) electrons. The van der Waals surface area contributed by atoms with Crippen LogP contribution in [0.15, 0.2) is 17.5 Å². The molecule has 1 rings (SSSR count). The lowest BCUT2D eigenvalue weighted by atomic mass is 10.1. The fraction of sp³-hybridized carbons (Fsp3) is 0.600. The van der Waals surface area contributed by atoms with Crippen LogP contribution < -0.4 is 33.2 Å². The van der Waals surface area contributed by atoms with Crippen LogP contribution in [0, 0.1) is 0 Å². The number of aromatic nitrogens is 2. The molecule has 0 aliphatic carbocycles. The molecule has 0 aliphatic rings. The summed E-state index contributed by atoms with van der Waals surface area (Å²) in [5.74, 6) is -2.76. The van der Waals surface area contributed by atoms with Gasteiger partial charge in [0, 0.05) is 30.6 Å². The van der Waals surface area contributed by atoms with Crippen LogP contribution in [0.3, 0.4) is 0 Å². The number of thiol groups is 1. The van der Waals surface area contributed by atoms with Crippen molar-refractivity contribution in [3.63, 3.8) is 0 Å². The second-order valence-electron chi connectivity index (χ2n) is 7.82. The molecule has 3 amide bonds. The molecule has 1 aromatic rings. The van der Waals surface area contributed by atoms with Crippen molar-refractivity contribution < 1.29 is 24.3 Å². The van der Waals surface area contributed by atoms with Crippen molar-refractivity contribution in [1.82, 2.24) is 25.9 Å². The lowest BCUT2D eigenvalue weighted by Crippen LogP contribution is -2.58. The quantitative estimate of drug-likeness (QED) is 0.0433. The number of imidazole rings is 1. The summed E-state index contributed by atoms with van der Waals surface area (Å²) in [4.78, 5) is 60.6. The number of aliphatic carboxylic acids is 1. The Balaban J connectivity index is 3.03. The summed E-state index contributed by atoms with van der Waals surface area (Å²) in [5.41, 5.74) is 17.1. The van der Waals surface area contributed by atoms with Crippen LogP contribution in [-0.2, 0) is 25.6 Å². The second kappa shape index (κ2) is 16.6. The maximum absolute atomic E-state index is 13.2. The van der Waals surface area contributed by atoms with E-state index in [0.29, 0.717) is 24.3 Å². The number of rotatable bonds is 17. The van der Waals surface area contributed by atoms with Crippen molar-refractivity contribution in [2.45, 2.75) is 49.9 Å². The smallest absolute Gasteiger partial charge is 0.327 e. The number of aromatic amines is 1. The Bertz CT molecular complexity index is 881. The Morgan fingerprint density at radius 1 is 1.11 bits per heavy atom. The van der Waals surface area contributed by atoms with E-state index in [0.717, 1.165) is 0 Å². The van der Waals surface area contributed by atoms with Crippen molar-refractivity contribution in [3.05, 3.63) is 18.2 Å². The first-order chi connectivity index (χ1) is 17.1. The first kappa shape index (κ1) is 31.1. The third kappa shape index (κ3) is 11.6. The minimum absolute atomic E-state index is 0.00160. The Labute approximate surface area is 218 Å². The molecule has 4 atom stereocenters. The van der Waals surface area contributed by atoms with Crippen molar-refractivity contribution in [1.29, 1.82) is 0 Å². The van der Waals surface area contributed by atoms with Crippen LogP contribution in [0.5, 0.6) is 0 Å². The van der Waals surface area contributed by atoms with Gasteiger partial charge in [-0.1, -0.05) is 0 Å². The Morgan fingerprint density at radius 2 is 1.75 bits per heavy atom. The molecule has 36 heavy (non-hydrogen) atoms. The standard InChI is InChI=1S/C20H35N9O5S2/c1-36-6-4-12(21)16(30)27-13(3-2-5-25-20(22)23)17(31)28-14(7-11-8-24-10-26-11)18(32)29-15(9-35)19(33)34/h8,10,12-15,35H,2-7,9,21H2,1H3,(H,24,26)(H,27,30)(H,28,31)(H,29,32)(H,33,34)(H4,22,23,25). The van der Waals surface area contributed by atoms with E-state index in [1.807, 2.05) is 6.26 Å². The number of guanidine groups is 1. The van der Waals surface area contributed by atoms with Gasteiger partial charge < -0.3 is 43.2 Å². The van der Waals surface area contributed by atoms with Crippen LogP contribution in [0.2, 0.25) is 0 Å². The van der Waals surface area contributed by atoms with E-state index in [4.69, 9.17) is 17.2 Å². The molecular formula is C20H35N9O5S2. The number of amides is 3. The zero-order valence-electron chi connectivity index (χ0n) is 20.0. The monoisotopic (exact) mass is 545 g/mol. The maximum Gasteiger partial charge on any atom is 0.327 e. The lowest BCUT2D eigenvalue weighted by Gasteiger charge is -2.25. The van der Waals surface area contributed by atoms with Crippen molar-refractivity contribution in [2.24, 2.45) is 22.2 Å². The zero-order chi connectivity index (χ0) is 27.1. The van der Waals surface area contributed by atoms with Gasteiger partial charge in [0.05, 0.1) is 12.4 Å². The largest absolute Gasteiger partial charge is 0.480 e. The molecule has 0 aliphatic heterocycles. The number of carboxylic acid groups (broad SMARTS) is 1. The molecule has 0 fully saturated rings. The third-order valence-electron chi connectivity index (χ3n) is 4.96. The van der Waals surface area contributed by atoms with Gasteiger partial charge in [-0.15, -0.1) is 0 Å². The first-order valence-corrected chi connectivity index (χ1v) is 13.1. The molecule has 0 saturated heterocycles. The predicted octanol–water partition coefficient (Wildman–Crippen LogP) is -2.44. The molecule has 1 heterocycles. The highest BCUT2D eigenvalue weighted by atomic mass is 32.2. The van der Waals surface area contributed by atoms with E-state index in [1.54, 1.807) is 0 Å². The lowest BCUT2D eigenvalue weighted by molar-refractivity contribution is -0.141. The van der Waals surface area contributed by atoms with Crippen LogP contribution in [-0.4, -0.2) is 93.2 Å². The molecule has 1 aromatic heterocycles. The zero-order valence-corrected chi connectivity index (χ0v) is 21.7. The number of carboxylic acids is 1. The van der Waals surface area contributed by atoms with Gasteiger partial charge in [-0.05, 0) is 31.3 Å². The molecule has 16 heteroatoms. The minimum Gasteiger partial charge on any atom is -0.480 e. The molecule has 4 unspecified atom stereocenters. The van der Waals surface area contributed by atoms with Gasteiger partial charge >= 0.3 is 5.97 Å². The van der Waals surface area contributed by atoms with Gasteiger partial charge in [-0.2, -0.15) is 24.4 Å². The topological polar surface area (TPSA) is 244 Å². The summed E-state index contributed by atoms with van der Waals surface area (Å²) >= 11 is 5.48. The van der Waals surface area contributed by atoms with Gasteiger partial charge in [0.15, 0.2) is 5.96 Å². The Morgan fingerprint density at radius 3 is 2.31 bits per heavy atom. The number of hydrogen-bond acceptors (Lipinski definition) is 9. The summed E-state index contributed by atoms with van der Waals surface area (Å²) in [6.45, 7) is 0.223. The molecule has 0 saturated carbocycles. The van der Waals surface area contributed by atoms with Crippen molar-refractivity contribution >= 4 is 54.0 Å². The molecule has 0 bridgehead atoms. The van der Waals surface area contributed by atoms with Crippen molar-refractivity contribution in [3.8, 4) is 0 Å². The molecule has 0 spiro atoms. The normalized spacial score (nSPS) is 14.1. The van der Waals surface area contributed by atoms with Crippen LogP contribution in [0.1, 0.15) is 25.0 Å². The van der Waals surface area contributed by atoms with Gasteiger partial charge in [-0.3, -0.25) is 19.4 Å². The van der Waals surface area contributed by atoms with E-state index in [1.165, 1.54) is 24.3 Å². The van der Waals surface area contributed by atoms with Gasteiger partial charge in [-0.25, -0.2) is 9.78 Å². The van der Waals surface area contributed by atoms with E-state index in [9.17, 15) is 24.3 Å². The maximum atomic E-state index is 13.2. The summed E-state index contributed by atoms with van der Waals surface area (Å²) in [6, 6.07) is -4.28. The number of nitrogens with one attached hydrogen (secondary N) is 4. The van der Waals surface area contributed by atoms with Crippen LogP contribution >= 0.6 is 24.4 Å². The predicted molar refractivity (Wildman–Crippen MR) is 140 cm³/mol. The number of aliphatic imine (C=N–C) groups is 1. The van der Waals surface area contributed by atoms with Crippen LogP contribution in [0.4, 0.5) is 0 Å².